The summed E-state index contributed by atoms with van der Waals surface area (Å²) >= 11 is 0. The van der Waals surface area contributed by atoms with Crippen LogP contribution in [0, 0.1) is 0 Å². The molecule has 0 saturated heterocycles. The molecule has 0 spiro atoms. The van der Waals surface area contributed by atoms with Gasteiger partial charge in [-0.15, -0.1) is 0 Å². The number of aliphatic carboxylic acids is 1. The maximum atomic E-state index is 10.8. The molecule has 0 bridgehead atoms. The van der Waals surface area contributed by atoms with Crippen LogP contribution in [0.15, 0.2) is 65.8 Å². The van der Waals surface area contributed by atoms with Crippen molar-refractivity contribution in [3.8, 4) is 5.75 Å². The van der Waals surface area contributed by atoms with E-state index in [1.54, 1.807) is 24.5 Å². The monoisotopic (exact) mass is 320 g/mol. The van der Waals surface area contributed by atoms with Crippen LogP contribution in [0.3, 0.4) is 0 Å². The van der Waals surface area contributed by atoms with Gasteiger partial charge in [0.2, 0.25) is 0 Å². The van der Waals surface area contributed by atoms with Crippen LogP contribution in [0.1, 0.15) is 12.5 Å². The van der Waals surface area contributed by atoms with Crippen molar-refractivity contribution in [3.63, 3.8) is 0 Å². The Bertz CT molecular complexity index is 889. The van der Waals surface area contributed by atoms with E-state index in [-0.39, 0.29) is 0 Å². The van der Waals surface area contributed by atoms with Gasteiger partial charge in [0.1, 0.15) is 5.75 Å². The third-order valence-electron chi connectivity index (χ3n) is 3.49. The fourth-order valence-electron chi connectivity index (χ4n) is 2.18. The zero-order chi connectivity index (χ0) is 16.9. The number of carbonyl (C=O) groups is 1. The SMILES string of the molecule is C[C@H](Oc1ccc(C=Nc2ccc3ncccc3c2)cc1)C(=O)O. The molecule has 0 aliphatic heterocycles. The quantitative estimate of drug-likeness (QED) is 0.725. The summed E-state index contributed by atoms with van der Waals surface area (Å²) in [5.74, 6) is -0.481. The van der Waals surface area contributed by atoms with Crippen molar-refractivity contribution in [2.45, 2.75) is 13.0 Å². The van der Waals surface area contributed by atoms with Crippen LogP contribution in [-0.2, 0) is 4.79 Å². The predicted molar refractivity (Wildman–Crippen MR) is 93.2 cm³/mol. The van der Waals surface area contributed by atoms with Gasteiger partial charge in [-0.2, -0.15) is 0 Å². The Hall–Kier alpha value is -3.21. The Labute approximate surface area is 139 Å². The second-order valence-electron chi connectivity index (χ2n) is 5.31. The van der Waals surface area contributed by atoms with Gasteiger partial charge in [-0.05, 0) is 61.0 Å². The minimum atomic E-state index is -0.994. The van der Waals surface area contributed by atoms with Gasteiger partial charge < -0.3 is 9.84 Å². The summed E-state index contributed by atoms with van der Waals surface area (Å²) in [6, 6.07) is 16.8. The first-order chi connectivity index (χ1) is 11.6. The number of carboxylic acids is 1. The summed E-state index contributed by atoms with van der Waals surface area (Å²) in [5.41, 5.74) is 2.68. The molecule has 2 aromatic carbocycles. The molecular formula is C19H16N2O3. The Morgan fingerprint density at radius 2 is 2.00 bits per heavy atom. The number of nitrogens with zero attached hydrogens (tertiary/aromatic N) is 2. The highest BCUT2D eigenvalue weighted by Crippen LogP contribution is 2.20. The second-order valence-corrected chi connectivity index (χ2v) is 5.31. The van der Waals surface area contributed by atoms with Gasteiger partial charge in [-0.1, -0.05) is 6.07 Å². The number of benzene rings is 2. The number of carboxylic acid groups (broad SMARTS) is 1. The Kier molecular flexibility index (Phi) is 4.52. The molecule has 0 unspecified atom stereocenters. The van der Waals surface area contributed by atoms with Gasteiger partial charge in [0.15, 0.2) is 6.10 Å². The van der Waals surface area contributed by atoms with Crippen molar-refractivity contribution < 1.29 is 14.6 Å². The lowest BCUT2D eigenvalue weighted by Crippen LogP contribution is -2.22. The molecule has 5 heteroatoms. The topological polar surface area (TPSA) is 71.8 Å². The van der Waals surface area contributed by atoms with Gasteiger partial charge in [-0.3, -0.25) is 9.98 Å². The van der Waals surface area contributed by atoms with E-state index in [1.165, 1.54) is 6.92 Å². The first-order valence-electron chi connectivity index (χ1n) is 7.50. The molecule has 0 fully saturated rings. The van der Waals surface area contributed by atoms with Crippen molar-refractivity contribution in [2.75, 3.05) is 0 Å². The van der Waals surface area contributed by atoms with E-state index in [0.29, 0.717) is 5.75 Å². The molecule has 1 N–H and O–H groups in total. The van der Waals surface area contributed by atoms with Crippen LogP contribution in [0.4, 0.5) is 5.69 Å². The zero-order valence-corrected chi connectivity index (χ0v) is 13.1. The molecule has 24 heavy (non-hydrogen) atoms. The largest absolute Gasteiger partial charge is 0.479 e. The van der Waals surface area contributed by atoms with Gasteiger partial charge in [0.05, 0.1) is 11.2 Å². The highest BCUT2D eigenvalue weighted by molar-refractivity contribution is 5.85. The predicted octanol–water partition coefficient (Wildman–Crippen LogP) is 3.84. The minimum Gasteiger partial charge on any atom is -0.479 e. The molecular weight excluding hydrogens is 304 g/mol. The summed E-state index contributed by atoms with van der Waals surface area (Å²) in [5, 5.41) is 9.87. The van der Waals surface area contributed by atoms with Crippen LogP contribution in [0.25, 0.3) is 10.9 Å². The molecule has 5 nitrogen and oxygen atoms in total. The fraction of sp³-hybridized carbons (Fsp3) is 0.105. The first kappa shape index (κ1) is 15.7. The van der Waals surface area contributed by atoms with Crippen molar-refractivity contribution in [1.82, 2.24) is 4.98 Å². The number of aromatic nitrogens is 1. The van der Waals surface area contributed by atoms with Crippen molar-refractivity contribution >= 4 is 28.8 Å². The summed E-state index contributed by atoms with van der Waals surface area (Å²) in [4.78, 5) is 19.5. The van der Waals surface area contributed by atoms with E-state index in [2.05, 4.69) is 9.98 Å². The van der Waals surface area contributed by atoms with Crippen LogP contribution < -0.4 is 4.74 Å². The van der Waals surface area contributed by atoms with Crippen molar-refractivity contribution in [1.29, 1.82) is 0 Å². The molecule has 1 atom stereocenters. The smallest absolute Gasteiger partial charge is 0.344 e. The minimum absolute atomic E-state index is 0.513. The number of rotatable bonds is 5. The third-order valence-corrected chi connectivity index (χ3v) is 3.49. The van der Waals surface area contributed by atoms with E-state index in [1.807, 2.05) is 42.5 Å². The molecule has 0 saturated carbocycles. The molecule has 3 aromatic rings. The summed E-state index contributed by atoms with van der Waals surface area (Å²) in [6.45, 7) is 1.49. The number of hydrogen-bond donors (Lipinski definition) is 1. The maximum absolute atomic E-state index is 10.8. The van der Waals surface area contributed by atoms with Gasteiger partial charge in [0.25, 0.3) is 0 Å². The number of hydrogen-bond acceptors (Lipinski definition) is 4. The lowest BCUT2D eigenvalue weighted by molar-refractivity contribution is -0.144. The lowest BCUT2D eigenvalue weighted by atomic mass is 10.2. The van der Waals surface area contributed by atoms with E-state index >= 15 is 0 Å². The van der Waals surface area contributed by atoms with Crippen molar-refractivity contribution in [3.05, 3.63) is 66.4 Å². The molecule has 0 aliphatic carbocycles. The van der Waals surface area contributed by atoms with E-state index in [0.717, 1.165) is 22.2 Å². The highest BCUT2D eigenvalue weighted by Gasteiger charge is 2.11. The second kappa shape index (κ2) is 6.91. The summed E-state index contributed by atoms with van der Waals surface area (Å²) < 4.78 is 5.29. The Morgan fingerprint density at radius 3 is 2.75 bits per heavy atom. The molecule has 1 heterocycles. The van der Waals surface area contributed by atoms with Crippen LogP contribution in [0.5, 0.6) is 5.75 Å². The molecule has 1 aromatic heterocycles. The molecule has 0 amide bonds. The first-order valence-corrected chi connectivity index (χ1v) is 7.50. The third kappa shape index (κ3) is 3.76. The van der Waals surface area contributed by atoms with Crippen LogP contribution in [0.2, 0.25) is 0 Å². The lowest BCUT2D eigenvalue weighted by Gasteiger charge is -2.09. The Balaban J connectivity index is 1.72. The fourth-order valence-corrected chi connectivity index (χ4v) is 2.18. The molecule has 0 radical (unpaired) electrons. The van der Waals surface area contributed by atoms with Gasteiger partial charge in [0, 0.05) is 17.8 Å². The standard InChI is InChI=1S/C19H16N2O3/c1-13(19(22)23)24-17-7-4-14(5-8-17)12-21-16-6-9-18-15(11-16)3-2-10-20-18/h2-13H,1H3,(H,22,23)/t13-/m0/s1. The van der Waals surface area contributed by atoms with Gasteiger partial charge in [-0.25, -0.2) is 4.79 Å². The Morgan fingerprint density at radius 1 is 1.21 bits per heavy atom. The number of pyridine rings is 1. The maximum Gasteiger partial charge on any atom is 0.344 e. The van der Waals surface area contributed by atoms with Crippen LogP contribution in [-0.4, -0.2) is 28.4 Å². The van der Waals surface area contributed by atoms with E-state index in [4.69, 9.17) is 9.84 Å². The summed E-state index contributed by atoms with van der Waals surface area (Å²) in [7, 11) is 0. The summed E-state index contributed by atoms with van der Waals surface area (Å²) in [6.07, 6.45) is 2.64. The van der Waals surface area contributed by atoms with Crippen molar-refractivity contribution in [2.24, 2.45) is 4.99 Å². The van der Waals surface area contributed by atoms with E-state index in [9.17, 15) is 4.79 Å². The number of aliphatic imine (C=N–C) groups is 1. The zero-order valence-electron chi connectivity index (χ0n) is 13.1. The van der Waals surface area contributed by atoms with Crippen LogP contribution >= 0.6 is 0 Å². The number of fused-ring (bicyclic) bond motifs is 1. The molecule has 3 rings (SSSR count). The average molecular weight is 320 g/mol. The highest BCUT2D eigenvalue weighted by atomic mass is 16.5. The normalized spacial score (nSPS) is 12.4. The average Bonchev–Trinajstić information content (AvgIpc) is 2.61. The number of ether oxygens (including phenoxy) is 1. The van der Waals surface area contributed by atoms with E-state index < -0.39 is 12.1 Å². The van der Waals surface area contributed by atoms with Gasteiger partial charge >= 0.3 is 5.97 Å². The molecule has 0 aliphatic rings. The molecule has 120 valence electrons.